The molecule has 1 aliphatic rings. The summed E-state index contributed by atoms with van der Waals surface area (Å²) in [4.78, 5) is 39.1. The highest BCUT2D eigenvalue weighted by atomic mass is 19.4. The van der Waals surface area contributed by atoms with E-state index in [0.29, 0.717) is 42.1 Å². The molecule has 1 aliphatic heterocycles. The first-order valence-corrected chi connectivity index (χ1v) is 11.3. The summed E-state index contributed by atoms with van der Waals surface area (Å²) in [5.74, 6) is 1.37. The zero-order valence-electron chi connectivity index (χ0n) is 20.3. The van der Waals surface area contributed by atoms with Crippen molar-refractivity contribution in [2.75, 3.05) is 30.9 Å². The number of fused-ring (bicyclic) bond motifs is 1. The number of aromatic amines is 1. The van der Waals surface area contributed by atoms with E-state index in [1.54, 1.807) is 25.7 Å². The minimum atomic E-state index is -4.64. The third-order valence-corrected chi connectivity index (χ3v) is 6.27. The first kappa shape index (κ1) is 25.2. The van der Waals surface area contributed by atoms with Gasteiger partial charge in [-0.25, -0.2) is 14.5 Å². The number of nitrogens with zero attached hydrogens (tertiary/aromatic N) is 5. The molecule has 13 heteroatoms. The summed E-state index contributed by atoms with van der Waals surface area (Å²) < 4.78 is 46.7. The molecule has 3 aromatic rings. The van der Waals surface area contributed by atoms with Crippen molar-refractivity contribution >= 4 is 34.9 Å². The molecule has 36 heavy (non-hydrogen) atoms. The van der Waals surface area contributed by atoms with Crippen molar-refractivity contribution < 1.29 is 27.3 Å². The number of methoxy groups -OCH3 is 1. The number of urea groups is 1. The Kier molecular flexibility index (Phi) is 6.74. The summed E-state index contributed by atoms with van der Waals surface area (Å²) in [6.07, 6.45) is 2.62. The lowest BCUT2D eigenvalue weighted by Crippen LogP contribution is -2.42. The number of alkyl halides is 3. The molecule has 0 bridgehead atoms. The number of anilines is 2. The average Bonchev–Trinajstić information content (AvgIpc) is 3.23. The van der Waals surface area contributed by atoms with Crippen molar-refractivity contribution in [1.29, 1.82) is 0 Å². The minimum absolute atomic E-state index is 0.0369. The lowest BCUT2D eigenvalue weighted by atomic mass is 9.92. The Morgan fingerprint density at radius 2 is 2.14 bits per heavy atom. The molecule has 0 spiro atoms. The third kappa shape index (κ3) is 5.04. The molecular formula is C23H27F3N7O3+. The molecule has 0 saturated carbocycles. The first-order valence-electron chi connectivity index (χ1n) is 11.3. The molecule has 1 unspecified atom stereocenters. The number of hydrogen-bond acceptors (Lipinski definition) is 6. The molecule has 10 nitrogen and oxygen atoms in total. The summed E-state index contributed by atoms with van der Waals surface area (Å²) in [5, 5.41) is 2.30. The molecule has 0 radical (unpaired) electrons. The van der Waals surface area contributed by atoms with Crippen LogP contribution in [0, 0.1) is 5.92 Å². The van der Waals surface area contributed by atoms with E-state index in [-0.39, 0.29) is 12.0 Å². The number of carbonyl (C=O) groups is 1. The number of pyridine rings is 1. The van der Waals surface area contributed by atoms with Gasteiger partial charge in [-0.2, -0.15) is 23.3 Å². The van der Waals surface area contributed by atoms with Crippen molar-refractivity contribution in [2.45, 2.75) is 32.0 Å². The van der Waals surface area contributed by atoms with Crippen molar-refractivity contribution in [2.24, 2.45) is 13.0 Å². The number of ether oxygens (including phenoxy) is 1. The van der Waals surface area contributed by atoms with Crippen LogP contribution in [0.4, 0.5) is 29.5 Å². The molecular weight excluding hydrogens is 479 g/mol. The standard InChI is InChI=1S/C23H26F3N7O3/c1-13-7-14(5-6-33(13)18-10-28-20-19(30-18)17(36-4)9-27-20)11-32(3)22(35)29-16-8-15(23(24,25)26)12-31(2)21(16)34/h8-14H,5-7H2,1-4H3,(H-,27,28,29,30,35)/p+1/b32-11+/t13-,14?/m0/s1. The molecule has 1 saturated heterocycles. The molecule has 2 atom stereocenters. The second kappa shape index (κ2) is 9.63. The maximum Gasteiger partial charge on any atom is 0.495 e. The third-order valence-electron chi connectivity index (χ3n) is 6.27. The molecule has 192 valence electrons. The number of amides is 2. The van der Waals surface area contributed by atoms with Gasteiger partial charge in [-0.1, -0.05) is 0 Å². The molecule has 2 amide bonds. The van der Waals surface area contributed by atoms with Gasteiger partial charge in [-0.05, 0) is 19.8 Å². The number of nitrogens with one attached hydrogen (secondary N) is 2. The van der Waals surface area contributed by atoms with Crippen LogP contribution in [0.1, 0.15) is 25.3 Å². The van der Waals surface area contributed by atoms with Crippen molar-refractivity contribution in [3.63, 3.8) is 0 Å². The number of carbonyl (C=O) groups excluding carboxylic acids is 1. The summed E-state index contributed by atoms with van der Waals surface area (Å²) in [7, 11) is 4.27. The number of piperidine rings is 1. The van der Waals surface area contributed by atoms with Gasteiger partial charge in [0.15, 0.2) is 22.6 Å². The fourth-order valence-corrected chi connectivity index (χ4v) is 4.38. The van der Waals surface area contributed by atoms with Gasteiger partial charge in [-0.3, -0.25) is 4.79 Å². The van der Waals surface area contributed by atoms with Crippen molar-refractivity contribution in [3.05, 3.63) is 40.6 Å². The molecule has 1 fully saturated rings. The zero-order valence-corrected chi connectivity index (χ0v) is 20.3. The monoisotopic (exact) mass is 506 g/mol. The van der Waals surface area contributed by atoms with Crippen LogP contribution in [0.2, 0.25) is 0 Å². The van der Waals surface area contributed by atoms with Gasteiger partial charge in [0, 0.05) is 44.0 Å². The number of aromatic nitrogens is 4. The van der Waals surface area contributed by atoms with Gasteiger partial charge in [0.25, 0.3) is 5.56 Å². The Hall–Kier alpha value is -3.90. The quantitative estimate of drug-likeness (QED) is 0.416. The summed E-state index contributed by atoms with van der Waals surface area (Å²) in [6.45, 7) is 2.71. The lowest BCUT2D eigenvalue weighted by molar-refractivity contribution is -0.386. The SMILES string of the molecule is COc1c[nH]c2ncc(N3CCC(/C=[N+](\C)C(=O)Nc4cc(C(F)(F)F)cn(C)c4=O)C[C@@H]3C)nc12. The minimum Gasteiger partial charge on any atom is -0.493 e. The van der Waals surface area contributed by atoms with Crippen LogP contribution >= 0.6 is 0 Å². The number of H-pyrrole nitrogens is 1. The highest BCUT2D eigenvalue weighted by molar-refractivity contribution is 5.85. The van der Waals surface area contributed by atoms with E-state index in [0.717, 1.165) is 16.8 Å². The smallest absolute Gasteiger partial charge is 0.493 e. The summed E-state index contributed by atoms with van der Waals surface area (Å²) >= 11 is 0. The van der Waals surface area contributed by atoms with Gasteiger partial charge in [-0.15, -0.1) is 0 Å². The highest BCUT2D eigenvalue weighted by Crippen LogP contribution is 2.30. The lowest BCUT2D eigenvalue weighted by Gasteiger charge is -2.37. The second-order valence-corrected chi connectivity index (χ2v) is 8.86. The van der Waals surface area contributed by atoms with Crippen LogP contribution in [-0.4, -0.2) is 63.1 Å². The number of rotatable bonds is 4. The first-order chi connectivity index (χ1) is 17.0. The predicted octanol–water partition coefficient (Wildman–Crippen LogP) is 3.23. The van der Waals surface area contributed by atoms with E-state index >= 15 is 0 Å². The Labute approximate surface area is 204 Å². The van der Waals surface area contributed by atoms with E-state index in [1.165, 1.54) is 18.7 Å². The topological polar surface area (TPSA) is 108 Å². The van der Waals surface area contributed by atoms with E-state index in [4.69, 9.17) is 9.72 Å². The van der Waals surface area contributed by atoms with Crippen molar-refractivity contribution in [3.8, 4) is 5.75 Å². The van der Waals surface area contributed by atoms with E-state index < -0.39 is 29.0 Å². The van der Waals surface area contributed by atoms with Crippen LogP contribution in [-0.2, 0) is 13.2 Å². The van der Waals surface area contributed by atoms with Crippen LogP contribution in [0.15, 0.2) is 29.5 Å². The number of halogens is 3. The Morgan fingerprint density at radius 1 is 1.39 bits per heavy atom. The molecule has 2 N–H and O–H groups in total. The maximum atomic E-state index is 13.1. The largest absolute Gasteiger partial charge is 0.495 e. The fourth-order valence-electron chi connectivity index (χ4n) is 4.38. The van der Waals surface area contributed by atoms with Gasteiger partial charge < -0.3 is 19.2 Å². The van der Waals surface area contributed by atoms with Crippen LogP contribution in [0.5, 0.6) is 5.75 Å². The molecule has 4 heterocycles. The Morgan fingerprint density at radius 3 is 2.81 bits per heavy atom. The second-order valence-electron chi connectivity index (χ2n) is 8.86. The molecule has 3 aromatic heterocycles. The number of hydrogen-bond donors (Lipinski definition) is 2. The summed E-state index contributed by atoms with van der Waals surface area (Å²) in [6, 6.07) is 0.0349. The number of aryl methyl sites for hydroxylation is 1. The fraction of sp³-hybridized carbons (Fsp3) is 0.435. The Balaban J connectivity index is 1.45. The van der Waals surface area contributed by atoms with E-state index in [9.17, 15) is 22.8 Å². The Bertz CT molecular complexity index is 1380. The summed E-state index contributed by atoms with van der Waals surface area (Å²) in [5.41, 5.74) is -0.910. The van der Waals surface area contributed by atoms with Crippen molar-refractivity contribution in [1.82, 2.24) is 19.5 Å². The van der Waals surface area contributed by atoms with Crippen LogP contribution in [0.3, 0.4) is 0 Å². The van der Waals surface area contributed by atoms with Crippen LogP contribution in [0.25, 0.3) is 11.2 Å². The van der Waals surface area contributed by atoms with E-state index in [2.05, 4.69) is 20.2 Å². The van der Waals surface area contributed by atoms with Gasteiger partial charge in [0.1, 0.15) is 5.82 Å². The zero-order chi connectivity index (χ0) is 26.2. The highest BCUT2D eigenvalue weighted by Gasteiger charge is 2.33. The van der Waals surface area contributed by atoms with Gasteiger partial charge >= 0.3 is 12.2 Å². The molecule has 4 rings (SSSR count). The predicted molar refractivity (Wildman–Crippen MR) is 128 cm³/mol. The van der Waals surface area contributed by atoms with E-state index in [1.807, 2.05) is 6.92 Å². The van der Waals surface area contributed by atoms with Gasteiger partial charge in [0.05, 0.1) is 32.1 Å². The van der Waals surface area contributed by atoms with Gasteiger partial charge in [0.2, 0.25) is 0 Å². The van der Waals surface area contributed by atoms with Crippen LogP contribution < -0.4 is 20.5 Å². The molecule has 0 aromatic carbocycles. The normalized spacial score (nSPS) is 19.0. The maximum absolute atomic E-state index is 13.1. The molecule has 0 aliphatic carbocycles. The average molecular weight is 507 g/mol.